The molecule has 158 valence electrons. The van der Waals surface area contributed by atoms with Gasteiger partial charge in [0.25, 0.3) is 5.91 Å². The molecule has 0 saturated heterocycles. The summed E-state index contributed by atoms with van der Waals surface area (Å²) in [6, 6.07) is 1.93. The number of benzene rings is 1. The molecular formula is C17H21F3N6O3. The van der Waals surface area contributed by atoms with E-state index >= 15 is 0 Å². The first-order chi connectivity index (χ1) is 13.2. The molecule has 0 unspecified atom stereocenters. The molecule has 12 heteroatoms. The predicted octanol–water partition coefficient (Wildman–Crippen LogP) is 3.16. The maximum Gasteiger partial charge on any atom is 0.490 e. The van der Waals surface area contributed by atoms with Crippen LogP contribution in [0.2, 0.25) is 0 Å². The predicted molar refractivity (Wildman–Crippen MR) is 98.0 cm³/mol. The number of anilines is 1. The molecule has 1 heterocycles. The van der Waals surface area contributed by atoms with Crippen LogP contribution in [0.5, 0.6) is 0 Å². The van der Waals surface area contributed by atoms with E-state index in [2.05, 4.69) is 15.5 Å². The second-order valence-electron chi connectivity index (χ2n) is 7.55. The lowest BCUT2D eigenvalue weighted by atomic mass is 10.0. The number of nitro groups is 1. The number of halogens is 3. The second-order valence-corrected chi connectivity index (χ2v) is 7.55. The van der Waals surface area contributed by atoms with E-state index in [4.69, 9.17) is 0 Å². The lowest BCUT2D eigenvalue weighted by molar-refractivity contribution is -0.394. The molecule has 0 spiro atoms. The largest absolute Gasteiger partial charge is 0.490 e. The minimum Gasteiger partial charge on any atom is -0.390 e. The van der Waals surface area contributed by atoms with E-state index in [1.54, 1.807) is 20.8 Å². The van der Waals surface area contributed by atoms with Crippen molar-refractivity contribution in [1.29, 1.82) is 0 Å². The van der Waals surface area contributed by atoms with E-state index in [-0.39, 0.29) is 16.8 Å². The number of carbonyl (C=O) groups is 1. The molecule has 2 aromatic rings. The average Bonchev–Trinajstić information content (AvgIpc) is 2.99. The fourth-order valence-electron chi connectivity index (χ4n) is 2.70. The molecule has 0 aliphatic rings. The Labute approximate surface area is 164 Å². The van der Waals surface area contributed by atoms with Gasteiger partial charge in [-0.1, -0.05) is 4.98 Å². The van der Waals surface area contributed by atoms with Crippen molar-refractivity contribution in [3.8, 4) is 0 Å². The Hall–Kier alpha value is -3.02. The van der Waals surface area contributed by atoms with E-state index < -0.39 is 40.6 Å². The van der Waals surface area contributed by atoms with Gasteiger partial charge in [0.15, 0.2) is 0 Å². The molecule has 0 aliphatic carbocycles. The van der Waals surface area contributed by atoms with Gasteiger partial charge in [-0.25, -0.2) is 10.4 Å². The number of hydrazine groups is 1. The van der Waals surface area contributed by atoms with Crippen LogP contribution in [-0.2, 0) is 17.5 Å². The van der Waals surface area contributed by atoms with Crippen molar-refractivity contribution in [2.24, 2.45) is 0 Å². The van der Waals surface area contributed by atoms with Crippen LogP contribution in [0.1, 0.15) is 37.5 Å². The van der Waals surface area contributed by atoms with Crippen LogP contribution in [0.3, 0.4) is 0 Å². The summed E-state index contributed by atoms with van der Waals surface area (Å²) in [6.07, 6.45) is -3.47. The molecule has 0 aliphatic heterocycles. The third-order valence-corrected chi connectivity index (χ3v) is 3.72. The summed E-state index contributed by atoms with van der Waals surface area (Å²) in [5.74, 6) is -1.24. The van der Waals surface area contributed by atoms with E-state index in [0.29, 0.717) is 0 Å². The number of rotatable bonds is 5. The highest BCUT2D eigenvalue weighted by Crippen LogP contribution is 2.35. The zero-order chi connectivity index (χ0) is 22.1. The fraction of sp³-hybridized carbons (Fsp3) is 0.471. The monoisotopic (exact) mass is 414 g/mol. The topological polar surface area (TPSA) is 106 Å². The molecule has 0 radical (unpaired) electrons. The number of amides is 1. The quantitative estimate of drug-likeness (QED) is 0.595. The van der Waals surface area contributed by atoms with Crippen LogP contribution in [0.25, 0.3) is 0 Å². The number of carbonyl (C=O) groups excluding carboxylic acids is 1. The third kappa shape index (κ3) is 5.50. The summed E-state index contributed by atoms with van der Waals surface area (Å²) >= 11 is 0. The lowest BCUT2D eigenvalue weighted by Gasteiger charge is -2.33. The molecule has 0 fully saturated rings. The molecule has 2 rings (SSSR count). The van der Waals surface area contributed by atoms with Gasteiger partial charge in [-0.2, -0.15) is 17.9 Å². The van der Waals surface area contributed by atoms with E-state index in [1.165, 1.54) is 13.8 Å². The zero-order valence-corrected chi connectivity index (χ0v) is 16.5. The van der Waals surface area contributed by atoms with Crippen molar-refractivity contribution < 1.29 is 22.9 Å². The molecule has 1 aromatic carbocycles. The van der Waals surface area contributed by atoms with Crippen molar-refractivity contribution in [2.75, 3.05) is 5.01 Å². The number of aryl methyl sites for hydroxylation is 2. The van der Waals surface area contributed by atoms with Gasteiger partial charge in [0.05, 0.1) is 11.3 Å². The molecular weight excluding hydrogens is 393 g/mol. The van der Waals surface area contributed by atoms with E-state index in [1.807, 2.05) is 0 Å². The zero-order valence-electron chi connectivity index (χ0n) is 16.5. The molecule has 1 amide bonds. The minimum atomic E-state index is -4.51. The van der Waals surface area contributed by atoms with Crippen molar-refractivity contribution in [3.63, 3.8) is 0 Å². The number of nitrogens with one attached hydrogen (secondary N) is 1. The van der Waals surface area contributed by atoms with Crippen LogP contribution in [-0.4, -0.2) is 31.1 Å². The number of alkyl halides is 3. The molecule has 0 atom stereocenters. The molecule has 0 bridgehead atoms. The van der Waals surface area contributed by atoms with Crippen molar-refractivity contribution in [2.45, 2.75) is 52.9 Å². The van der Waals surface area contributed by atoms with Gasteiger partial charge >= 0.3 is 12.1 Å². The first-order valence-corrected chi connectivity index (χ1v) is 8.52. The van der Waals surface area contributed by atoms with Crippen molar-refractivity contribution in [1.82, 2.24) is 20.2 Å². The number of hydrogen-bond acceptors (Lipinski definition) is 6. The Balaban J connectivity index is 2.45. The number of aromatic nitrogens is 3. The lowest BCUT2D eigenvalue weighted by Crippen LogP contribution is -2.54. The van der Waals surface area contributed by atoms with Gasteiger partial charge in [0.1, 0.15) is 6.54 Å². The van der Waals surface area contributed by atoms with Crippen LogP contribution >= 0.6 is 0 Å². The Morgan fingerprint density at radius 3 is 2.21 bits per heavy atom. The summed E-state index contributed by atoms with van der Waals surface area (Å²) < 4.78 is 40.3. The van der Waals surface area contributed by atoms with Gasteiger partial charge in [0, 0.05) is 10.6 Å². The second kappa shape index (κ2) is 7.78. The smallest absolute Gasteiger partial charge is 0.390 e. The van der Waals surface area contributed by atoms with Gasteiger partial charge in [-0.15, -0.1) is 0 Å². The van der Waals surface area contributed by atoms with Gasteiger partial charge < -0.3 is 10.1 Å². The summed E-state index contributed by atoms with van der Waals surface area (Å²) in [5, 5.41) is 15.5. The molecule has 0 saturated carbocycles. The highest BCUT2D eigenvalue weighted by molar-refractivity contribution is 5.94. The number of nitrogens with zero attached hydrogens (tertiary/aromatic N) is 5. The Bertz CT molecular complexity index is 910. The van der Waals surface area contributed by atoms with Crippen molar-refractivity contribution >= 4 is 17.5 Å². The Kier molecular flexibility index (Phi) is 5.97. The first kappa shape index (κ1) is 22.3. The maximum atomic E-state index is 13.1. The summed E-state index contributed by atoms with van der Waals surface area (Å²) in [4.78, 5) is 26.3. The standard InChI is InChI=1S/C17H21F3N6O3/c1-10-6-12(17(18,19)20)7-11(2)14(10)25(23-16(3,4)5)13(27)8-24-9-21-15(22-24)26(28)29/h6-7,9,23H,8H2,1-5H3. The van der Waals surface area contributed by atoms with Crippen LogP contribution in [0.4, 0.5) is 24.8 Å². The molecule has 1 aromatic heterocycles. The summed E-state index contributed by atoms with van der Waals surface area (Å²) in [7, 11) is 0. The van der Waals surface area contributed by atoms with Gasteiger partial charge in [-0.3, -0.25) is 4.79 Å². The fourth-order valence-corrected chi connectivity index (χ4v) is 2.70. The highest BCUT2D eigenvalue weighted by atomic mass is 19.4. The van der Waals surface area contributed by atoms with Crippen molar-refractivity contribution in [3.05, 3.63) is 45.3 Å². The van der Waals surface area contributed by atoms with Gasteiger partial charge in [0.2, 0.25) is 6.33 Å². The normalized spacial score (nSPS) is 12.1. The first-order valence-electron chi connectivity index (χ1n) is 8.52. The van der Waals surface area contributed by atoms with Crippen LogP contribution in [0, 0.1) is 24.0 Å². The Morgan fingerprint density at radius 1 is 1.24 bits per heavy atom. The SMILES string of the molecule is Cc1cc(C(F)(F)F)cc(C)c1N(NC(C)(C)C)C(=O)Cn1cnc([N+](=O)[O-])n1. The van der Waals surface area contributed by atoms with Crippen LogP contribution < -0.4 is 10.4 Å². The summed E-state index contributed by atoms with van der Waals surface area (Å²) in [6.45, 7) is 7.89. The molecule has 29 heavy (non-hydrogen) atoms. The van der Waals surface area contributed by atoms with E-state index in [9.17, 15) is 28.1 Å². The highest BCUT2D eigenvalue weighted by Gasteiger charge is 2.33. The maximum absolute atomic E-state index is 13.1. The Morgan fingerprint density at radius 2 is 1.79 bits per heavy atom. The average molecular weight is 414 g/mol. The summed E-state index contributed by atoms with van der Waals surface area (Å²) in [5.41, 5.74) is 2.31. The number of hydrogen-bond donors (Lipinski definition) is 1. The molecule has 1 N–H and O–H groups in total. The molecule has 9 nitrogen and oxygen atoms in total. The third-order valence-electron chi connectivity index (χ3n) is 3.72. The van der Waals surface area contributed by atoms with E-state index in [0.717, 1.165) is 28.2 Å². The van der Waals surface area contributed by atoms with Crippen LogP contribution in [0.15, 0.2) is 18.5 Å². The van der Waals surface area contributed by atoms with Gasteiger partial charge in [-0.05, 0) is 62.8 Å². The minimum absolute atomic E-state index is 0.243.